The number of ether oxygens (including phenoxy) is 2. The Morgan fingerprint density at radius 3 is 2.62 bits per heavy atom. The van der Waals surface area contributed by atoms with Crippen molar-refractivity contribution in [1.82, 2.24) is 4.90 Å². The number of halogens is 2. The number of nitrogens with one attached hydrogen (secondary N) is 1. The molecular formula is C19H20F2N2O3. The fourth-order valence-corrected chi connectivity index (χ4v) is 2.64. The van der Waals surface area contributed by atoms with Crippen molar-refractivity contribution in [3.05, 3.63) is 53.6 Å². The Bertz CT molecular complexity index is 813. The van der Waals surface area contributed by atoms with Crippen molar-refractivity contribution in [3.63, 3.8) is 0 Å². The maximum atomic E-state index is 13.7. The third-order valence-electron chi connectivity index (χ3n) is 4.27. The molecule has 1 N–H and O–H groups in total. The Balaban J connectivity index is 1.63. The molecule has 1 aliphatic heterocycles. The van der Waals surface area contributed by atoms with Crippen LogP contribution in [0, 0.1) is 11.6 Å². The van der Waals surface area contributed by atoms with Gasteiger partial charge in [0.05, 0.1) is 11.7 Å². The van der Waals surface area contributed by atoms with E-state index in [1.807, 2.05) is 23.1 Å². The molecule has 0 spiro atoms. The molecule has 1 heterocycles. The molecule has 0 aromatic heterocycles. The molecular weight excluding hydrogens is 342 g/mol. The number of carbonyl (C=O) groups excluding carboxylic acids is 1. The van der Waals surface area contributed by atoms with Gasteiger partial charge in [-0.05, 0) is 43.8 Å². The molecule has 1 unspecified atom stereocenters. The molecule has 26 heavy (non-hydrogen) atoms. The van der Waals surface area contributed by atoms with Crippen LogP contribution in [-0.4, -0.2) is 37.1 Å². The van der Waals surface area contributed by atoms with E-state index < -0.39 is 17.7 Å². The third kappa shape index (κ3) is 4.11. The molecule has 0 radical (unpaired) electrons. The van der Waals surface area contributed by atoms with E-state index in [0.29, 0.717) is 31.3 Å². The van der Waals surface area contributed by atoms with Crippen LogP contribution in [0.3, 0.4) is 0 Å². The summed E-state index contributed by atoms with van der Waals surface area (Å²) in [4.78, 5) is 14.2. The third-order valence-corrected chi connectivity index (χ3v) is 4.27. The second-order valence-corrected chi connectivity index (χ2v) is 6.18. The van der Waals surface area contributed by atoms with E-state index in [1.54, 1.807) is 14.0 Å². The van der Waals surface area contributed by atoms with E-state index in [1.165, 1.54) is 6.07 Å². The fourth-order valence-electron chi connectivity index (χ4n) is 2.64. The molecule has 3 rings (SSSR count). The number of anilines is 1. The number of nitrogens with zero attached hydrogens (tertiary/aromatic N) is 1. The Kier molecular flexibility index (Phi) is 5.37. The summed E-state index contributed by atoms with van der Waals surface area (Å²) in [5, 5.41) is 2.49. The van der Waals surface area contributed by atoms with E-state index in [4.69, 9.17) is 9.47 Å². The lowest BCUT2D eigenvalue weighted by Crippen LogP contribution is -2.39. The van der Waals surface area contributed by atoms with Crippen LogP contribution < -0.4 is 14.8 Å². The standard InChI is InChI=1S/C19H20F2N2O3/c1-12(19(24)22-16-5-4-14(20)10-15(16)21)23(2)11-13-3-6-17-18(9-13)26-8-7-25-17/h3-6,9-10,12H,7-8,11H2,1-2H3,(H,22,24). The number of hydrogen-bond donors (Lipinski definition) is 1. The number of benzene rings is 2. The van der Waals surface area contributed by atoms with Crippen LogP contribution in [0.2, 0.25) is 0 Å². The lowest BCUT2D eigenvalue weighted by atomic mass is 10.1. The van der Waals surface area contributed by atoms with Crippen molar-refractivity contribution < 1.29 is 23.0 Å². The van der Waals surface area contributed by atoms with Gasteiger partial charge in [-0.1, -0.05) is 6.07 Å². The Labute approximate surface area is 150 Å². The SMILES string of the molecule is CC(C(=O)Nc1ccc(F)cc1F)N(C)Cc1ccc2c(c1)OCCO2. The lowest BCUT2D eigenvalue weighted by molar-refractivity contribution is -0.120. The molecule has 0 saturated heterocycles. The van der Waals surface area contributed by atoms with Crippen molar-refractivity contribution in [2.75, 3.05) is 25.6 Å². The van der Waals surface area contributed by atoms with Gasteiger partial charge in [0.1, 0.15) is 24.8 Å². The summed E-state index contributed by atoms with van der Waals surface area (Å²) in [7, 11) is 1.79. The van der Waals surface area contributed by atoms with Crippen LogP contribution in [0.5, 0.6) is 11.5 Å². The van der Waals surface area contributed by atoms with Gasteiger partial charge in [-0.15, -0.1) is 0 Å². The zero-order valence-electron chi connectivity index (χ0n) is 14.6. The molecule has 0 bridgehead atoms. The van der Waals surface area contributed by atoms with E-state index in [0.717, 1.165) is 17.7 Å². The summed E-state index contributed by atoms with van der Waals surface area (Å²) in [5.74, 6) is -0.479. The van der Waals surface area contributed by atoms with Crippen molar-refractivity contribution in [2.45, 2.75) is 19.5 Å². The van der Waals surface area contributed by atoms with Crippen LogP contribution >= 0.6 is 0 Å². The van der Waals surface area contributed by atoms with E-state index >= 15 is 0 Å². The van der Waals surface area contributed by atoms with E-state index in [2.05, 4.69) is 5.32 Å². The molecule has 5 nitrogen and oxygen atoms in total. The monoisotopic (exact) mass is 362 g/mol. The van der Waals surface area contributed by atoms with Gasteiger partial charge in [-0.25, -0.2) is 8.78 Å². The van der Waals surface area contributed by atoms with Gasteiger partial charge in [-0.2, -0.15) is 0 Å². The zero-order valence-corrected chi connectivity index (χ0v) is 14.6. The van der Waals surface area contributed by atoms with Crippen LogP contribution in [-0.2, 0) is 11.3 Å². The number of hydrogen-bond acceptors (Lipinski definition) is 4. The Morgan fingerprint density at radius 2 is 1.88 bits per heavy atom. The summed E-state index contributed by atoms with van der Waals surface area (Å²) in [6.07, 6.45) is 0. The average Bonchev–Trinajstić information content (AvgIpc) is 2.63. The van der Waals surface area contributed by atoms with Crippen LogP contribution in [0.25, 0.3) is 0 Å². The molecule has 0 fully saturated rings. The molecule has 1 amide bonds. The highest BCUT2D eigenvalue weighted by atomic mass is 19.1. The summed E-state index contributed by atoms with van der Waals surface area (Å²) >= 11 is 0. The molecule has 0 aliphatic carbocycles. The fraction of sp³-hybridized carbons (Fsp3) is 0.316. The van der Waals surface area contributed by atoms with Gasteiger partial charge in [0.2, 0.25) is 5.91 Å². The zero-order chi connectivity index (χ0) is 18.7. The maximum Gasteiger partial charge on any atom is 0.241 e. The average molecular weight is 362 g/mol. The topological polar surface area (TPSA) is 50.8 Å². The quantitative estimate of drug-likeness (QED) is 0.888. The van der Waals surface area contributed by atoms with Gasteiger partial charge in [0.25, 0.3) is 0 Å². The number of rotatable bonds is 5. The summed E-state index contributed by atoms with van der Waals surface area (Å²) in [5.41, 5.74) is 0.917. The van der Waals surface area contributed by atoms with Crippen LogP contribution in [0.15, 0.2) is 36.4 Å². The van der Waals surface area contributed by atoms with Crippen molar-refractivity contribution in [1.29, 1.82) is 0 Å². The molecule has 7 heteroatoms. The highest BCUT2D eigenvalue weighted by molar-refractivity contribution is 5.94. The van der Waals surface area contributed by atoms with Gasteiger partial charge in [0, 0.05) is 12.6 Å². The number of carbonyl (C=O) groups is 1. The van der Waals surface area contributed by atoms with Crippen molar-refractivity contribution in [2.24, 2.45) is 0 Å². The predicted octanol–water partition coefficient (Wildman–Crippen LogP) is 3.20. The first kappa shape index (κ1) is 18.1. The minimum Gasteiger partial charge on any atom is -0.486 e. The summed E-state index contributed by atoms with van der Waals surface area (Å²) in [6.45, 7) is 3.25. The first-order chi connectivity index (χ1) is 12.4. The number of likely N-dealkylation sites (N-methyl/N-ethyl adjacent to an activating group) is 1. The molecule has 2 aromatic rings. The molecule has 1 aliphatic rings. The largest absolute Gasteiger partial charge is 0.486 e. The Hall–Kier alpha value is -2.67. The van der Waals surface area contributed by atoms with Gasteiger partial charge in [-0.3, -0.25) is 9.69 Å². The highest BCUT2D eigenvalue weighted by Crippen LogP contribution is 2.31. The second-order valence-electron chi connectivity index (χ2n) is 6.18. The molecule has 2 aromatic carbocycles. The van der Waals surface area contributed by atoms with Gasteiger partial charge < -0.3 is 14.8 Å². The van der Waals surface area contributed by atoms with E-state index in [-0.39, 0.29) is 11.6 Å². The van der Waals surface area contributed by atoms with Crippen molar-refractivity contribution >= 4 is 11.6 Å². The molecule has 138 valence electrons. The lowest BCUT2D eigenvalue weighted by Gasteiger charge is -2.25. The first-order valence-electron chi connectivity index (χ1n) is 8.28. The maximum absolute atomic E-state index is 13.7. The van der Waals surface area contributed by atoms with Crippen molar-refractivity contribution in [3.8, 4) is 11.5 Å². The van der Waals surface area contributed by atoms with E-state index in [9.17, 15) is 13.6 Å². The number of fused-ring (bicyclic) bond motifs is 1. The predicted molar refractivity (Wildman–Crippen MR) is 93.3 cm³/mol. The minimum absolute atomic E-state index is 0.0454. The Morgan fingerprint density at radius 1 is 1.15 bits per heavy atom. The van der Waals surface area contributed by atoms with Gasteiger partial charge in [0.15, 0.2) is 11.5 Å². The van der Waals surface area contributed by atoms with Crippen LogP contribution in [0.4, 0.5) is 14.5 Å². The highest BCUT2D eigenvalue weighted by Gasteiger charge is 2.20. The minimum atomic E-state index is -0.806. The normalized spacial score (nSPS) is 14.2. The number of amides is 1. The smallest absolute Gasteiger partial charge is 0.241 e. The second kappa shape index (κ2) is 7.70. The molecule has 0 saturated carbocycles. The first-order valence-corrected chi connectivity index (χ1v) is 8.28. The summed E-state index contributed by atoms with van der Waals surface area (Å²) < 4.78 is 37.7. The van der Waals surface area contributed by atoms with Crippen LogP contribution in [0.1, 0.15) is 12.5 Å². The molecule has 1 atom stereocenters. The van der Waals surface area contributed by atoms with Gasteiger partial charge >= 0.3 is 0 Å². The summed E-state index contributed by atoms with van der Waals surface area (Å²) in [6, 6.07) is 8.16.